The smallest absolute Gasteiger partial charge is 0.281 e. The Hall–Kier alpha value is -1.64. The number of hydrogen-bond acceptors (Lipinski definition) is 4. The maximum Gasteiger partial charge on any atom is 0.281 e. The first-order chi connectivity index (χ1) is 11.3. The summed E-state index contributed by atoms with van der Waals surface area (Å²) in [6, 6.07) is 4.03. The van der Waals surface area contributed by atoms with Crippen LogP contribution in [0, 0.1) is 0 Å². The molecule has 1 aliphatic rings. The highest BCUT2D eigenvalue weighted by Crippen LogP contribution is 2.30. The normalized spacial score (nSPS) is 20.0. The Kier molecular flexibility index (Phi) is 4.54. The van der Waals surface area contributed by atoms with Crippen LogP contribution in [0.5, 0.6) is 0 Å². The minimum atomic E-state index is -3.38. The monoisotopic (exact) mass is 351 g/mol. The van der Waals surface area contributed by atoms with Gasteiger partial charge in [-0.25, -0.2) is 4.98 Å². The molecule has 0 radical (unpaired) electrons. The van der Waals surface area contributed by atoms with E-state index in [9.17, 15) is 8.42 Å². The molecule has 1 aliphatic heterocycles. The molecule has 8 heteroatoms. The number of aromatic nitrogens is 2. The molecule has 132 valence electrons. The van der Waals surface area contributed by atoms with Crippen LogP contribution in [0.3, 0.4) is 0 Å². The van der Waals surface area contributed by atoms with Crippen LogP contribution >= 0.6 is 0 Å². The van der Waals surface area contributed by atoms with Crippen molar-refractivity contribution >= 4 is 21.5 Å². The second kappa shape index (κ2) is 6.34. The van der Waals surface area contributed by atoms with Crippen LogP contribution in [0.2, 0.25) is 0 Å². The minimum absolute atomic E-state index is 0.110. The van der Waals surface area contributed by atoms with Crippen LogP contribution in [0.4, 0.5) is 5.82 Å². The molecule has 0 aliphatic carbocycles. The molecule has 7 nitrogen and oxygen atoms in total. The van der Waals surface area contributed by atoms with Gasteiger partial charge in [-0.15, -0.1) is 0 Å². The zero-order valence-electron chi connectivity index (χ0n) is 14.7. The van der Waals surface area contributed by atoms with Gasteiger partial charge in [0.25, 0.3) is 10.2 Å². The number of piperidine rings is 1. The summed E-state index contributed by atoms with van der Waals surface area (Å²) < 4.78 is 29.8. The second-order valence-corrected chi connectivity index (χ2v) is 8.81. The van der Waals surface area contributed by atoms with E-state index in [1.165, 1.54) is 4.31 Å². The van der Waals surface area contributed by atoms with Gasteiger partial charge >= 0.3 is 0 Å². The van der Waals surface area contributed by atoms with E-state index in [2.05, 4.69) is 4.40 Å². The first-order valence-corrected chi connectivity index (χ1v) is 9.53. The van der Waals surface area contributed by atoms with Crippen LogP contribution < -0.4 is 4.90 Å². The van der Waals surface area contributed by atoms with Crippen molar-refractivity contribution < 1.29 is 8.42 Å². The molecule has 0 unspecified atom stereocenters. The number of rotatable bonds is 4. The molecule has 3 heterocycles. The number of fused-ring (bicyclic) bond motifs is 1. The highest BCUT2D eigenvalue weighted by Gasteiger charge is 2.32. The van der Waals surface area contributed by atoms with Gasteiger partial charge in [0, 0.05) is 59.6 Å². The van der Waals surface area contributed by atoms with E-state index in [0.717, 1.165) is 29.9 Å². The summed E-state index contributed by atoms with van der Waals surface area (Å²) in [5.41, 5.74) is 2.00. The van der Waals surface area contributed by atoms with Crippen molar-refractivity contribution in [2.24, 2.45) is 0 Å². The van der Waals surface area contributed by atoms with Crippen LogP contribution in [0.1, 0.15) is 24.5 Å². The summed E-state index contributed by atoms with van der Waals surface area (Å²) in [4.78, 5) is 6.82. The SMILES string of the molecule is CN(C)c1nc([C@@H]2CCCN(S(=O)(=O)N(C)C)C2)cn2cccc12. The van der Waals surface area contributed by atoms with Gasteiger partial charge in [-0.3, -0.25) is 0 Å². The Balaban J connectivity index is 1.95. The van der Waals surface area contributed by atoms with Crippen molar-refractivity contribution in [3.05, 3.63) is 30.2 Å². The van der Waals surface area contributed by atoms with Crippen molar-refractivity contribution in [1.29, 1.82) is 0 Å². The summed E-state index contributed by atoms with van der Waals surface area (Å²) in [6.45, 7) is 1.05. The molecule has 1 saturated heterocycles. The summed E-state index contributed by atoms with van der Waals surface area (Å²) in [7, 11) is 3.73. The molecule has 0 N–H and O–H groups in total. The highest BCUT2D eigenvalue weighted by molar-refractivity contribution is 7.86. The number of hydrogen-bond donors (Lipinski definition) is 0. The van der Waals surface area contributed by atoms with E-state index in [4.69, 9.17) is 4.98 Å². The topological polar surface area (TPSA) is 61.2 Å². The molecule has 1 fully saturated rings. The van der Waals surface area contributed by atoms with E-state index in [1.54, 1.807) is 18.4 Å². The molecule has 0 bridgehead atoms. The molecular weight excluding hydrogens is 326 g/mol. The molecule has 3 rings (SSSR count). The van der Waals surface area contributed by atoms with Crippen LogP contribution in [0.15, 0.2) is 24.5 Å². The van der Waals surface area contributed by atoms with Gasteiger partial charge in [-0.2, -0.15) is 17.0 Å². The number of anilines is 1. The van der Waals surface area contributed by atoms with E-state index < -0.39 is 10.2 Å². The Bertz CT molecular complexity index is 828. The zero-order valence-corrected chi connectivity index (χ0v) is 15.5. The molecule has 0 aromatic carbocycles. The van der Waals surface area contributed by atoms with E-state index >= 15 is 0 Å². The molecule has 0 amide bonds. The van der Waals surface area contributed by atoms with Crippen molar-refractivity contribution in [2.75, 3.05) is 46.2 Å². The third-order valence-corrected chi connectivity index (χ3v) is 6.44. The molecular formula is C16H25N5O2S. The lowest BCUT2D eigenvalue weighted by atomic mass is 9.96. The lowest BCUT2D eigenvalue weighted by molar-refractivity contribution is 0.296. The predicted molar refractivity (Wildman–Crippen MR) is 95.7 cm³/mol. The summed E-state index contributed by atoms with van der Waals surface area (Å²) >= 11 is 0. The third kappa shape index (κ3) is 3.01. The Labute approximate surface area is 143 Å². The molecule has 0 saturated carbocycles. The standard InChI is InChI=1S/C16H25N5O2S/c1-18(2)16-15-8-6-9-20(15)12-14(17-16)13-7-5-10-21(11-13)24(22,23)19(3)4/h6,8-9,12-13H,5,7,10-11H2,1-4H3/t13-/m1/s1. The Morgan fingerprint density at radius 2 is 2.00 bits per heavy atom. The predicted octanol–water partition coefficient (Wildman–Crippen LogP) is 1.39. The van der Waals surface area contributed by atoms with Crippen molar-refractivity contribution in [2.45, 2.75) is 18.8 Å². The molecule has 2 aromatic heterocycles. The van der Waals surface area contributed by atoms with Crippen molar-refractivity contribution in [3.63, 3.8) is 0 Å². The fourth-order valence-corrected chi connectivity index (χ4v) is 4.39. The maximum absolute atomic E-state index is 12.4. The lowest BCUT2D eigenvalue weighted by Crippen LogP contribution is -2.45. The molecule has 1 atom stereocenters. The van der Waals surface area contributed by atoms with Gasteiger partial charge in [0.15, 0.2) is 5.82 Å². The van der Waals surface area contributed by atoms with Crippen molar-refractivity contribution in [1.82, 2.24) is 18.0 Å². The Morgan fingerprint density at radius 3 is 2.67 bits per heavy atom. The molecule has 2 aromatic rings. The summed E-state index contributed by atoms with van der Waals surface area (Å²) in [5.74, 6) is 1.02. The largest absolute Gasteiger partial charge is 0.361 e. The Morgan fingerprint density at radius 1 is 1.25 bits per heavy atom. The first-order valence-electron chi connectivity index (χ1n) is 8.13. The second-order valence-electron chi connectivity index (χ2n) is 6.67. The summed E-state index contributed by atoms with van der Waals surface area (Å²) in [6.07, 6.45) is 5.83. The average Bonchev–Trinajstić information content (AvgIpc) is 3.02. The number of nitrogens with zero attached hydrogens (tertiary/aromatic N) is 5. The fraction of sp³-hybridized carbons (Fsp3) is 0.562. The maximum atomic E-state index is 12.4. The molecule has 0 spiro atoms. The van der Waals surface area contributed by atoms with Gasteiger partial charge in [-0.05, 0) is 25.0 Å². The summed E-state index contributed by atoms with van der Waals surface area (Å²) in [5, 5.41) is 0. The lowest BCUT2D eigenvalue weighted by Gasteiger charge is -2.33. The molecule has 24 heavy (non-hydrogen) atoms. The zero-order chi connectivity index (χ0) is 17.5. The van der Waals surface area contributed by atoms with Gasteiger partial charge in [-0.1, -0.05) is 0 Å². The quantitative estimate of drug-likeness (QED) is 0.835. The minimum Gasteiger partial charge on any atom is -0.361 e. The van der Waals surface area contributed by atoms with Crippen LogP contribution in [-0.2, 0) is 10.2 Å². The fourth-order valence-electron chi connectivity index (χ4n) is 3.20. The van der Waals surface area contributed by atoms with Crippen LogP contribution in [-0.4, -0.2) is 67.7 Å². The van der Waals surface area contributed by atoms with E-state index in [0.29, 0.717) is 13.1 Å². The average molecular weight is 351 g/mol. The van der Waals surface area contributed by atoms with Crippen LogP contribution in [0.25, 0.3) is 5.52 Å². The van der Waals surface area contributed by atoms with Crippen molar-refractivity contribution in [3.8, 4) is 0 Å². The first kappa shape index (κ1) is 17.2. The van der Waals surface area contributed by atoms with Gasteiger partial charge in [0.1, 0.15) is 0 Å². The van der Waals surface area contributed by atoms with Gasteiger partial charge < -0.3 is 9.30 Å². The van der Waals surface area contributed by atoms with E-state index in [-0.39, 0.29) is 5.92 Å². The third-order valence-electron chi connectivity index (χ3n) is 4.53. The highest BCUT2D eigenvalue weighted by atomic mass is 32.2. The van der Waals surface area contributed by atoms with E-state index in [1.807, 2.05) is 43.5 Å². The van der Waals surface area contributed by atoms with Gasteiger partial charge in [0.05, 0.1) is 11.2 Å². The van der Waals surface area contributed by atoms with Gasteiger partial charge in [0.2, 0.25) is 0 Å².